The van der Waals surface area contributed by atoms with Crippen molar-refractivity contribution in [1.82, 2.24) is 5.32 Å². The van der Waals surface area contributed by atoms with Gasteiger partial charge in [0.1, 0.15) is 5.88 Å². The number of aliphatic hydroxyl groups is 1. The summed E-state index contributed by atoms with van der Waals surface area (Å²) in [4.78, 5) is 11.0. The summed E-state index contributed by atoms with van der Waals surface area (Å²) >= 11 is 5.36. The molecule has 1 aliphatic carbocycles. The van der Waals surface area contributed by atoms with E-state index in [4.69, 9.17) is 16.7 Å². The van der Waals surface area contributed by atoms with E-state index in [1.807, 2.05) is 0 Å². The van der Waals surface area contributed by atoms with Crippen LogP contribution in [-0.4, -0.2) is 29.0 Å². The van der Waals surface area contributed by atoms with Gasteiger partial charge in [0.05, 0.1) is 12.1 Å². The number of halogens is 1. The normalized spacial score (nSPS) is 20.8. The molecule has 0 unspecified atom stereocenters. The maximum atomic E-state index is 11.0. The molecule has 3 nitrogen and oxygen atoms in total. The zero-order valence-corrected chi connectivity index (χ0v) is 7.73. The van der Waals surface area contributed by atoms with E-state index in [2.05, 4.69) is 5.32 Å². The van der Waals surface area contributed by atoms with Gasteiger partial charge in [0, 0.05) is 0 Å². The fourth-order valence-electron chi connectivity index (χ4n) is 1.70. The molecule has 0 bridgehead atoms. The Labute approximate surface area is 77.1 Å². The molecule has 0 spiro atoms. The number of nitrogens with one attached hydrogen (secondary N) is 1. The summed E-state index contributed by atoms with van der Waals surface area (Å²) < 4.78 is 0. The molecule has 4 heteroatoms. The summed E-state index contributed by atoms with van der Waals surface area (Å²) in [5.41, 5.74) is -0.369. The number of amides is 1. The zero-order valence-electron chi connectivity index (χ0n) is 6.98. The molecule has 0 heterocycles. The van der Waals surface area contributed by atoms with E-state index in [0.717, 1.165) is 25.7 Å². The summed E-state index contributed by atoms with van der Waals surface area (Å²) in [6.45, 7) is 0.0234. The molecule has 1 amide bonds. The largest absolute Gasteiger partial charge is 0.394 e. The lowest BCUT2D eigenvalue weighted by molar-refractivity contribution is -0.121. The molecule has 2 N–H and O–H groups in total. The minimum Gasteiger partial charge on any atom is -0.394 e. The fraction of sp³-hybridized carbons (Fsp3) is 0.875. The van der Waals surface area contributed by atoms with Crippen molar-refractivity contribution in [2.75, 3.05) is 12.5 Å². The van der Waals surface area contributed by atoms with Gasteiger partial charge in [0.15, 0.2) is 0 Å². The van der Waals surface area contributed by atoms with E-state index in [1.54, 1.807) is 0 Å². The maximum Gasteiger partial charge on any atom is 0.235 e. The lowest BCUT2D eigenvalue weighted by Crippen LogP contribution is -2.49. The standard InChI is InChI=1S/C8H14ClNO2/c9-5-7(12)10-8(6-11)3-1-2-4-8/h11H,1-6H2,(H,10,12). The third-order valence-electron chi connectivity index (χ3n) is 2.39. The minimum atomic E-state index is -0.369. The van der Waals surface area contributed by atoms with Gasteiger partial charge in [-0.1, -0.05) is 12.8 Å². The third-order valence-corrected chi connectivity index (χ3v) is 2.63. The van der Waals surface area contributed by atoms with E-state index >= 15 is 0 Å². The number of rotatable bonds is 3. The van der Waals surface area contributed by atoms with Crippen LogP contribution >= 0.6 is 11.6 Å². The first-order chi connectivity index (χ1) is 5.72. The molecule has 1 rings (SSSR count). The Balaban J connectivity index is 2.49. The second-order valence-electron chi connectivity index (χ2n) is 3.33. The summed E-state index contributed by atoms with van der Waals surface area (Å²) in [6.07, 6.45) is 3.88. The Hall–Kier alpha value is -0.280. The molecular weight excluding hydrogens is 178 g/mol. The van der Waals surface area contributed by atoms with Crippen molar-refractivity contribution in [3.05, 3.63) is 0 Å². The molecule has 0 atom stereocenters. The van der Waals surface area contributed by atoms with Crippen LogP contribution in [-0.2, 0) is 4.79 Å². The van der Waals surface area contributed by atoms with Crippen LogP contribution in [0.5, 0.6) is 0 Å². The third kappa shape index (κ3) is 2.11. The van der Waals surface area contributed by atoms with Gasteiger partial charge < -0.3 is 10.4 Å². The molecule has 1 saturated carbocycles. The molecule has 1 aliphatic rings. The van der Waals surface area contributed by atoms with Gasteiger partial charge in [-0.05, 0) is 12.8 Å². The molecule has 0 aromatic heterocycles. The monoisotopic (exact) mass is 191 g/mol. The van der Waals surface area contributed by atoms with E-state index in [-0.39, 0.29) is 23.9 Å². The Morgan fingerprint density at radius 2 is 2.08 bits per heavy atom. The van der Waals surface area contributed by atoms with Crippen molar-refractivity contribution in [3.63, 3.8) is 0 Å². The van der Waals surface area contributed by atoms with Crippen LogP contribution in [0.15, 0.2) is 0 Å². The molecule has 0 aliphatic heterocycles. The number of aliphatic hydroxyl groups excluding tert-OH is 1. The quantitative estimate of drug-likeness (QED) is 0.644. The summed E-state index contributed by atoms with van der Waals surface area (Å²) in [6, 6.07) is 0. The van der Waals surface area contributed by atoms with Crippen molar-refractivity contribution < 1.29 is 9.90 Å². The van der Waals surface area contributed by atoms with Gasteiger partial charge >= 0.3 is 0 Å². The number of hydrogen-bond donors (Lipinski definition) is 2. The van der Waals surface area contributed by atoms with Gasteiger partial charge in [0.2, 0.25) is 5.91 Å². The van der Waals surface area contributed by atoms with Crippen LogP contribution < -0.4 is 5.32 Å². The van der Waals surface area contributed by atoms with Crippen LogP contribution in [0, 0.1) is 0 Å². The van der Waals surface area contributed by atoms with Crippen LogP contribution in [0.1, 0.15) is 25.7 Å². The first kappa shape index (κ1) is 9.81. The topological polar surface area (TPSA) is 49.3 Å². The van der Waals surface area contributed by atoms with Crippen molar-refractivity contribution in [2.24, 2.45) is 0 Å². The van der Waals surface area contributed by atoms with Gasteiger partial charge in [-0.3, -0.25) is 4.79 Å². The number of carbonyl (C=O) groups is 1. The second kappa shape index (κ2) is 4.10. The van der Waals surface area contributed by atoms with Crippen molar-refractivity contribution in [1.29, 1.82) is 0 Å². The number of carbonyl (C=O) groups excluding carboxylic acids is 1. The van der Waals surface area contributed by atoms with Crippen molar-refractivity contribution in [3.8, 4) is 0 Å². The van der Waals surface area contributed by atoms with Gasteiger partial charge in [-0.2, -0.15) is 0 Å². The van der Waals surface area contributed by atoms with E-state index < -0.39 is 0 Å². The van der Waals surface area contributed by atoms with Crippen LogP contribution in [0.4, 0.5) is 0 Å². The molecule has 0 saturated heterocycles. The minimum absolute atomic E-state index is 0.0234. The second-order valence-corrected chi connectivity index (χ2v) is 3.59. The fourth-order valence-corrected chi connectivity index (χ4v) is 1.77. The Kier molecular flexibility index (Phi) is 3.35. The molecule has 1 fully saturated rings. The lowest BCUT2D eigenvalue weighted by Gasteiger charge is -2.27. The maximum absolute atomic E-state index is 11.0. The molecule has 12 heavy (non-hydrogen) atoms. The molecule has 0 aromatic rings. The van der Waals surface area contributed by atoms with Gasteiger partial charge in [-0.25, -0.2) is 0 Å². The van der Waals surface area contributed by atoms with E-state index in [1.165, 1.54) is 0 Å². The SMILES string of the molecule is O=C(CCl)NC1(CO)CCCC1. The van der Waals surface area contributed by atoms with Crippen LogP contribution in [0.2, 0.25) is 0 Å². The highest BCUT2D eigenvalue weighted by Crippen LogP contribution is 2.28. The summed E-state index contributed by atoms with van der Waals surface area (Å²) in [5, 5.41) is 11.9. The van der Waals surface area contributed by atoms with Crippen molar-refractivity contribution >= 4 is 17.5 Å². The average Bonchev–Trinajstić information content (AvgIpc) is 2.54. The first-order valence-corrected chi connectivity index (χ1v) is 4.74. The van der Waals surface area contributed by atoms with E-state index in [9.17, 15) is 4.79 Å². The van der Waals surface area contributed by atoms with Gasteiger partial charge in [0.25, 0.3) is 0 Å². The smallest absolute Gasteiger partial charge is 0.235 e. The lowest BCUT2D eigenvalue weighted by atomic mass is 9.99. The Bertz CT molecular complexity index is 166. The van der Waals surface area contributed by atoms with Crippen LogP contribution in [0.25, 0.3) is 0 Å². The molecule has 0 radical (unpaired) electrons. The van der Waals surface area contributed by atoms with Crippen LogP contribution in [0.3, 0.4) is 0 Å². The molecule has 70 valence electrons. The summed E-state index contributed by atoms with van der Waals surface area (Å²) in [7, 11) is 0. The van der Waals surface area contributed by atoms with Gasteiger partial charge in [-0.15, -0.1) is 11.6 Å². The molecule has 0 aromatic carbocycles. The van der Waals surface area contributed by atoms with E-state index in [0.29, 0.717) is 0 Å². The zero-order chi connectivity index (χ0) is 9.03. The highest BCUT2D eigenvalue weighted by atomic mass is 35.5. The Morgan fingerprint density at radius 3 is 2.50 bits per heavy atom. The predicted molar refractivity (Wildman–Crippen MR) is 47.1 cm³/mol. The van der Waals surface area contributed by atoms with Crippen molar-refractivity contribution in [2.45, 2.75) is 31.2 Å². The highest BCUT2D eigenvalue weighted by molar-refractivity contribution is 6.27. The average molecular weight is 192 g/mol. The highest BCUT2D eigenvalue weighted by Gasteiger charge is 2.34. The predicted octanol–water partition coefficient (Wildman–Crippen LogP) is 0.646. The molecular formula is C8H14ClNO2. The first-order valence-electron chi connectivity index (χ1n) is 4.20. The number of hydrogen-bond acceptors (Lipinski definition) is 2. The summed E-state index contributed by atoms with van der Waals surface area (Å²) in [5.74, 6) is -0.213. The number of alkyl halides is 1. The Morgan fingerprint density at radius 1 is 1.50 bits per heavy atom.